The number of anilines is 1. The number of carbonyl (C=O) groups excluding carboxylic acids is 2. The van der Waals surface area contributed by atoms with Crippen molar-refractivity contribution in [2.75, 3.05) is 26.1 Å². The molecule has 1 amide bonds. The number of halogens is 1. The highest BCUT2D eigenvalue weighted by atomic mass is 35.5. The molecule has 0 saturated carbocycles. The number of nitrogens with zero attached hydrogens (tertiary/aromatic N) is 1. The number of methoxy groups -OCH3 is 1. The van der Waals surface area contributed by atoms with Gasteiger partial charge in [0.1, 0.15) is 0 Å². The third kappa shape index (κ3) is 4.99. The molecule has 0 radical (unpaired) electrons. The van der Waals surface area contributed by atoms with Crippen LogP contribution in [-0.2, 0) is 11.2 Å². The smallest absolute Gasteiger partial charge is 0.337 e. The SMILES string of the molecule is COC(=O)c1ccc(CC(C)NC(=O)c2cc(Cl)ccc2N(C)C)cc1. The van der Waals surface area contributed by atoms with Gasteiger partial charge in [0, 0.05) is 30.8 Å². The molecule has 0 aliphatic rings. The molecule has 138 valence electrons. The van der Waals surface area contributed by atoms with Crippen LogP contribution in [0.4, 0.5) is 5.69 Å². The van der Waals surface area contributed by atoms with Crippen molar-refractivity contribution in [3.8, 4) is 0 Å². The predicted octanol–water partition coefficient (Wildman–Crippen LogP) is 3.55. The summed E-state index contributed by atoms with van der Waals surface area (Å²) >= 11 is 6.05. The number of ether oxygens (including phenoxy) is 1. The largest absolute Gasteiger partial charge is 0.465 e. The van der Waals surface area contributed by atoms with E-state index in [0.717, 1.165) is 11.3 Å². The number of benzene rings is 2. The molecule has 0 heterocycles. The fourth-order valence-corrected chi connectivity index (χ4v) is 2.85. The summed E-state index contributed by atoms with van der Waals surface area (Å²) in [6.45, 7) is 1.94. The van der Waals surface area contributed by atoms with Crippen molar-refractivity contribution in [3.63, 3.8) is 0 Å². The lowest BCUT2D eigenvalue weighted by molar-refractivity contribution is 0.0600. The monoisotopic (exact) mass is 374 g/mol. The van der Waals surface area contributed by atoms with Crippen molar-refractivity contribution < 1.29 is 14.3 Å². The van der Waals surface area contributed by atoms with Crippen LogP contribution >= 0.6 is 11.6 Å². The molecule has 2 aromatic carbocycles. The highest BCUT2D eigenvalue weighted by Gasteiger charge is 2.16. The summed E-state index contributed by atoms with van der Waals surface area (Å²) in [4.78, 5) is 26.0. The van der Waals surface area contributed by atoms with E-state index in [2.05, 4.69) is 10.1 Å². The number of carbonyl (C=O) groups is 2. The van der Waals surface area contributed by atoms with E-state index in [4.69, 9.17) is 11.6 Å². The van der Waals surface area contributed by atoms with Crippen molar-refractivity contribution in [1.29, 1.82) is 0 Å². The standard InChI is InChI=1S/C20H23ClN2O3/c1-13(11-14-5-7-15(8-6-14)20(25)26-4)22-19(24)17-12-16(21)9-10-18(17)23(2)3/h5-10,12-13H,11H2,1-4H3,(H,22,24). The first kappa shape index (κ1) is 19.8. The summed E-state index contributed by atoms with van der Waals surface area (Å²) in [6.07, 6.45) is 0.644. The second-order valence-electron chi connectivity index (χ2n) is 6.32. The van der Waals surface area contributed by atoms with E-state index in [-0.39, 0.29) is 17.9 Å². The van der Waals surface area contributed by atoms with Crippen molar-refractivity contribution in [2.45, 2.75) is 19.4 Å². The first-order chi connectivity index (χ1) is 12.3. The van der Waals surface area contributed by atoms with E-state index in [1.807, 2.05) is 44.1 Å². The zero-order chi connectivity index (χ0) is 19.3. The zero-order valence-corrected chi connectivity index (χ0v) is 16.1. The number of nitrogens with one attached hydrogen (secondary N) is 1. The maximum Gasteiger partial charge on any atom is 0.337 e. The van der Waals surface area contributed by atoms with Gasteiger partial charge in [0.15, 0.2) is 0 Å². The van der Waals surface area contributed by atoms with Crippen LogP contribution in [0, 0.1) is 0 Å². The fourth-order valence-electron chi connectivity index (χ4n) is 2.68. The van der Waals surface area contributed by atoms with E-state index in [0.29, 0.717) is 22.6 Å². The normalized spacial score (nSPS) is 11.6. The fraction of sp³-hybridized carbons (Fsp3) is 0.300. The average molecular weight is 375 g/mol. The van der Waals surface area contributed by atoms with Crippen LogP contribution < -0.4 is 10.2 Å². The van der Waals surface area contributed by atoms with Gasteiger partial charge >= 0.3 is 5.97 Å². The maximum absolute atomic E-state index is 12.6. The lowest BCUT2D eigenvalue weighted by Gasteiger charge is -2.19. The summed E-state index contributed by atoms with van der Waals surface area (Å²) in [5.41, 5.74) is 2.86. The van der Waals surface area contributed by atoms with Crippen molar-refractivity contribution in [1.82, 2.24) is 5.32 Å². The van der Waals surface area contributed by atoms with Gasteiger partial charge in [-0.25, -0.2) is 4.79 Å². The van der Waals surface area contributed by atoms with Gasteiger partial charge in [0.05, 0.1) is 18.2 Å². The molecule has 0 aliphatic heterocycles. The molecule has 1 unspecified atom stereocenters. The zero-order valence-electron chi connectivity index (χ0n) is 15.4. The van der Waals surface area contributed by atoms with Gasteiger partial charge in [-0.3, -0.25) is 4.79 Å². The van der Waals surface area contributed by atoms with Gasteiger partial charge < -0.3 is 15.0 Å². The molecule has 5 nitrogen and oxygen atoms in total. The number of rotatable bonds is 6. The molecule has 6 heteroatoms. The second kappa shape index (κ2) is 8.72. The van der Waals surface area contributed by atoms with Gasteiger partial charge in [0.25, 0.3) is 5.91 Å². The Bertz CT molecular complexity index is 788. The van der Waals surface area contributed by atoms with Crippen molar-refractivity contribution in [3.05, 3.63) is 64.2 Å². The Morgan fingerprint density at radius 2 is 1.81 bits per heavy atom. The Morgan fingerprint density at radius 1 is 1.15 bits per heavy atom. The topological polar surface area (TPSA) is 58.6 Å². The molecule has 0 saturated heterocycles. The minimum Gasteiger partial charge on any atom is -0.465 e. The Morgan fingerprint density at radius 3 is 2.38 bits per heavy atom. The molecule has 1 atom stereocenters. The summed E-state index contributed by atoms with van der Waals surface area (Å²) in [7, 11) is 5.12. The predicted molar refractivity (Wildman–Crippen MR) is 104 cm³/mol. The van der Waals surface area contributed by atoms with E-state index >= 15 is 0 Å². The van der Waals surface area contributed by atoms with Crippen molar-refractivity contribution in [2.24, 2.45) is 0 Å². The summed E-state index contributed by atoms with van der Waals surface area (Å²) in [6, 6.07) is 12.3. The molecular formula is C20H23ClN2O3. The number of hydrogen-bond donors (Lipinski definition) is 1. The van der Waals surface area contributed by atoms with Gasteiger partial charge in [-0.2, -0.15) is 0 Å². The van der Waals surface area contributed by atoms with Gasteiger partial charge in [-0.15, -0.1) is 0 Å². The first-order valence-electron chi connectivity index (χ1n) is 8.26. The van der Waals surface area contributed by atoms with Crippen molar-refractivity contribution >= 4 is 29.2 Å². The van der Waals surface area contributed by atoms with Crippen LogP contribution in [0.15, 0.2) is 42.5 Å². The first-order valence-corrected chi connectivity index (χ1v) is 8.64. The Balaban J connectivity index is 2.06. The molecule has 2 aromatic rings. The number of amides is 1. The molecule has 0 fully saturated rings. The third-order valence-corrected chi connectivity index (χ3v) is 4.21. The Hall–Kier alpha value is -2.53. The summed E-state index contributed by atoms with van der Waals surface area (Å²) in [5.74, 6) is -0.537. The number of esters is 1. The lowest BCUT2D eigenvalue weighted by Crippen LogP contribution is -2.35. The van der Waals surface area contributed by atoms with Crippen LogP contribution in [-0.4, -0.2) is 39.1 Å². The molecule has 0 spiro atoms. The second-order valence-corrected chi connectivity index (χ2v) is 6.76. The maximum atomic E-state index is 12.6. The van der Waals surface area contributed by atoms with Crippen LogP contribution in [0.2, 0.25) is 5.02 Å². The van der Waals surface area contributed by atoms with Gasteiger partial charge in [-0.05, 0) is 49.2 Å². The van der Waals surface area contributed by atoms with E-state index in [1.165, 1.54) is 7.11 Å². The summed E-state index contributed by atoms with van der Waals surface area (Å²) in [5, 5.41) is 3.52. The number of hydrogen-bond acceptors (Lipinski definition) is 4. The van der Waals surface area contributed by atoms with Gasteiger partial charge in [0.2, 0.25) is 0 Å². The van der Waals surface area contributed by atoms with E-state index in [1.54, 1.807) is 24.3 Å². The molecule has 0 aromatic heterocycles. The minimum atomic E-state index is -0.366. The molecule has 0 bridgehead atoms. The Labute approximate surface area is 158 Å². The molecule has 2 rings (SSSR count). The summed E-state index contributed by atoms with van der Waals surface area (Å²) < 4.78 is 4.69. The molecule has 0 aliphatic carbocycles. The van der Waals surface area contributed by atoms with Crippen LogP contribution in [0.3, 0.4) is 0 Å². The van der Waals surface area contributed by atoms with Crippen LogP contribution in [0.25, 0.3) is 0 Å². The minimum absolute atomic E-state index is 0.0829. The van der Waals surface area contributed by atoms with E-state index in [9.17, 15) is 9.59 Å². The highest BCUT2D eigenvalue weighted by Crippen LogP contribution is 2.23. The average Bonchev–Trinajstić information content (AvgIpc) is 2.61. The quantitative estimate of drug-likeness (QED) is 0.785. The Kier molecular flexibility index (Phi) is 6.64. The molecule has 26 heavy (non-hydrogen) atoms. The molecular weight excluding hydrogens is 352 g/mol. The van der Waals surface area contributed by atoms with E-state index < -0.39 is 0 Å². The third-order valence-electron chi connectivity index (χ3n) is 3.98. The lowest BCUT2D eigenvalue weighted by atomic mass is 10.0. The van der Waals surface area contributed by atoms with Crippen LogP contribution in [0.5, 0.6) is 0 Å². The van der Waals surface area contributed by atoms with Gasteiger partial charge in [-0.1, -0.05) is 23.7 Å². The van der Waals surface area contributed by atoms with Crippen LogP contribution in [0.1, 0.15) is 33.2 Å². The highest BCUT2D eigenvalue weighted by molar-refractivity contribution is 6.31. The molecule has 1 N–H and O–H groups in total.